The van der Waals surface area contributed by atoms with E-state index >= 15 is 0 Å². The molecule has 0 aliphatic rings. The molecule has 0 spiro atoms. The third kappa shape index (κ3) is 3.10. The molecule has 2 heterocycles. The van der Waals surface area contributed by atoms with E-state index in [-0.39, 0.29) is 5.97 Å². The molecule has 3 aromatic rings. The lowest BCUT2D eigenvalue weighted by Crippen LogP contribution is -2.04. The van der Waals surface area contributed by atoms with Crippen molar-refractivity contribution in [1.29, 1.82) is 0 Å². The Morgan fingerprint density at radius 3 is 2.50 bits per heavy atom. The summed E-state index contributed by atoms with van der Waals surface area (Å²) < 4.78 is 10.9. The number of esters is 1. The normalized spacial score (nSPS) is 10.8. The van der Waals surface area contributed by atoms with E-state index in [9.17, 15) is 4.79 Å². The van der Waals surface area contributed by atoms with Crippen molar-refractivity contribution in [2.45, 2.75) is 27.7 Å². The number of aromatic nitrogens is 2. The van der Waals surface area contributed by atoms with Gasteiger partial charge in [-0.3, -0.25) is 0 Å². The fraction of sp³-hybridized carbons (Fsp3) is 0.278. The highest BCUT2D eigenvalue weighted by atomic mass is 32.1. The summed E-state index contributed by atoms with van der Waals surface area (Å²) in [4.78, 5) is 22.7. The fourth-order valence-corrected chi connectivity index (χ4v) is 3.44. The topological polar surface area (TPSA) is 61.3 Å². The predicted molar refractivity (Wildman–Crippen MR) is 94.1 cm³/mol. The van der Waals surface area contributed by atoms with Crippen molar-refractivity contribution in [3.63, 3.8) is 0 Å². The summed E-state index contributed by atoms with van der Waals surface area (Å²) in [5.74, 6) is 1.49. The quantitative estimate of drug-likeness (QED) is 0.649. The van der Waals surface area contributed by atoms with Crippen LogP contribution in [0, 0.1) is 20.8 Å². The number of fused-ring (bicyclic) bond motifs is 1. The number of aryl methyl sites for hydroxylation is 3. The van der Waals surface area contributed by atoms with E-state index in [0.717, 1.165) is 15.8 Å². The highest BCUT2D eigenvalue weighted by Crippen LogP contribution is 2.36. The Morgan fingerprint density at radius 2 is 1.83 bits per heavy atom. The Morgan fingerprint density at radius 1 is 1.12 bits per heavy atom. The summed E-state index contributed by atoms with van der Waals surface area (Å²) in [6, 6.07) is 6.85. The van der Waals surface area contributed by atoms with Crippen molar-refractivity contribution in [3.05, 3.63) is 46.1 Å². The smallest absolute Gasteiger partial charge is 0.338 e. The lowest BCUT2D eigenvalue weighted by Gasteiger charge is -2.08. The minimum absolute atomic E-state index is 0.339. The number of carbonyl (C=O) groups is 1. The lowest BCUT2D eigenvalue weighted by atomic mass is 10.2. The van der Waals surface area contributed by atoms with E-state index in [0.29, 0.717) is 29.6 Å². The minimum atomic E-state index is -0.339. The fourth-order valence-electron chi connectivity index (χ4n) is 2.37. The number of carbonyl (C=O) groups excluding carboxylic acids is 1. The molecule has 0 saturated carbocycles. The Kier molecular flexibility index (Phi) is 4.49. The van der Waals surface area contributed by atoms with Crippen molar-refractivity contribution in [2.75, 3.05) is 6.61 Å². The molecule has 0 bridgehead atoms. The third-order valence-electron chi connectivity index (χ3n) is 3.69. The molecule has 0 aliphatic carbocycles. The van der Waals surface area contributed by atoms with Crippen LogP contribution in [0.2, 0.25) is 0 Å². The second kappa shape index (κ2) is 6.57. The number of thiophene rings is 1. The van der Waals surface area contributed by atoms with Crippen LogP contribution in [0.15, 0.2) is 24.3 Å². The van der Waals surface area contributed by atoms with Crippen molar-refractivity contribution >= 4 is 27.5 Å². The average molecular weight is 342 g/mol. The van der Waals surface area contributed by atoms with Crippen molar-refractivity contribution in [2.24, 2.45) is 0 Å². The van der Waals surface area contributed by atoms with E-state index in [4.69, 9.17) is 9.47 Å². The van der Waals surface area contributed by atoms with E-state index in [1.165, 1.54) is 4.88 Å². The molecule has 1 aromatic carbocycles. The molecule has 24 heavy (non-hydrogen) atoms. The van der Waals surface area contributed by atoms with Gasteiger partial charge in [-0.25, -0.2) is 9.78 Å². The van der Waals surface area contributed by atoms with Crippen LogP contribution < -0.4 is 4.74 Å². The van der Waals surface area contributed by atoms with Crippen LogP contribution >= 0.6 is 11.3 Å². The predicted octanol–water partition coefficient (Wildman–Crippen LogP) is 4.59. The van der Waals surface area contributed by atoms with Gasteiger partial charge < -0.3 is 9.47 Å². The average Bonchev–Trinajstić information content (AvgIpc) is 2.82. The lowest BCUT2D eigenvalue weighted by molar-refractivity contribution is 0.0526. The molecule has 6 heteroatoms. The number of nitrogens with zero attached hydrogens (tertiary/aromatic N) is 2. The van der Waals surface area contributed by atoms with Gasteiger partial charge in [0, 0.05) is 4.88 Å². The van der Waals surface area contributed by atoms with Crippen molar-refractivity contribution in [1.82, 2.24) is 9.97 Å². The molecule has 0 unspecified atom stereocenters. The number of hydrogen-bond acceptors (Lipinski definition) is 6. The van der Waals surface area contributed by atoms with E-state index in [2.05, 4.69) is 16.9 Å². The maximum atomic E-state index is 11.7. The second-order valence-electron chi connectivity index (χ2n) is 5.39. The molecule has 3 rings (SSSR count). The van der Waals surface area contributed by atoms with Crippen molar-refractivity contribution in [3.8, 4) is 11.6 Å². The van der Waals surface area contributed by atoms with Crippen LogP contribution in [0.25, 0.3) is 10.2 Å². The molecular weight excluding hydrogens is 324 g/mol. The highest BCUT2D eigenvalue weighted by Gasteiger charge is 2.15. The summed E-state index contributed by atoms with van der Waals surface area (Å²) >= 11 is 1.64. The van der Waals surface area contributed by atoms with Gasteiger partial charge in [0.15, 0.2) is 0 Å². The first kappa shape index (κ1) is 16.4. The van der Waals surface area contributed by atoms with E-state index < -0.39 is 0 Å². The molecule has 0 fully saturated rings. The highest BCUT2D eigenvalue weighted by molar-refractivity contribution is 7.18. The second-order valence-corrected chi connectivity index (χ2v) is 6.59. The maximum Gasteiger partial charge on any atom is 0.338 e. The van der Waals surface area contributed by atoms with Gasteiger partial charge in [0.25, 0.3) is 0 Å². The Bertz CT molecular complexity index is 901. The summed E-state index contributed by atoms with van der Waals surface area (Å²) in [5, 5.41) is 0.942. The summed E-state index contributed by atoms with van der Waals surface area (Å²) in [5.41, 5.74) is 1.63. The van der Waals surface area contributed by atoms with Gasteiger partial charge in [0.2, 0.25) is 5.88 Å². The number of ether oxygens (including phenoxy) is 2. The first-order valence-electron chi connectivity index (χ1n) is 7.69. The Hall–Kier alpha value is -2.47. The van der Waals surface area contributed by atoms with Gasteiger partial charge in [-0.15, -0.1) is 11.3 Å². The molecule has 0 radical (unpaired) electrons. The summed E-state index contributed by atoms with van der Waals surface area (Å²) in [6.07, 6.45) is 0. The van der Waals surface area contributed by atoms with Gasteiger partial charge in [-0.05, 0) is 57.5 Å². The van der Waals surface area contributed by atoms with E-state index in [1.807, 2.05) is 13.8 Å². The Balaban J connectivity index is 1.94. The summed E-state index contributed by atoms with van der Waals surface area (Å²) in [7, 11) is 0. The summed E-state index contributed by atoms with van der Waals surface area (Å²) in [6.45, 7) is 8.09. The van der Waals surface area contributed by atoms with Crippen molar-refractivity contribution < 1.29 is 14.3 Å². The molecule has 0 amide bonds. The first-order chi connectivity index (χ1) is 11.5. The Labute approximate surface area is 144 Å². The molecule has 2 aromatic heterocycles. The van der Waals surface area contributed by atoms with E-state index in [1.54, 1.807) is 42.5 Å². The zero-order chi connectivity index (χ0) is 17.3. The van der Waals surface area contributed by atoms with Gasteiger partial charge in [-0.2, -0.15) is 4.98 Å². The zero-order valence-electron chi connectivity index (χ0n) is 14.0. The number of rotatable bonds is 4. The first-order valence-corrected chi connectivity index (χ1v) is 8.50. The standard InChI is InChI=1S/C18H18N2O3S/c1-5-22-18(21)13-6-8-14(9-7-13)23-16-15-10(2)11(3)24-17(15)20-12(4)19-16/h6-9H,5H2,1-4H3. The van der Waals surface area contributed by atoms with Gasteiger partial charge >= 0.3 is 5.97 Å². The van der Waals surface area contributed by atoms with Crippen LogP contribution in [-0.4, -0.2) is 22.5 Å². The molecule has 0 aliphatic heterocycles. The van der Waals surface area contributed by atoms with Crippen LogP contribution in [0.4, 0.5) is 0 Å². The monoisotopic (exact) mass is 342 g/mol. The van der Waals surface area contributed by atoms with Crippen LogP contribution in [-0.2, 0) is 4.74 Å². The third-order valence-corrected chi connectivity index (χ3v) is 4.79. The molecule has 5 nitrogen and oxygen atoms in total. The van der Waals surface area contributed by atoms with Crippen LogP contribution in [0.3, 0.4) is 0 Å². The van der Waals surface area contributed by atoms with Gasteiger partial charge in [0.1, 0.15) is 16.4 Å². The maximum absolute atomic E-state index is 11.7. The molecule has 124 valence electrons. The number of benzene rings is 1. The zero-order valence-corrected chi connectivity index (χ0v) is 14.9. The molecule has 0 saturated heterocycles. The van der Waals surface area contributed by atoms with Gasteiger partial charge in [-0.1, -0.05) is 0 Å². The molecule has 0 atom stereocenters. The van der Waals surface area contributed by atoms with Crippen LogP contribution in [0.5, 0.6) is 11.6 Å². The largest absolute Gasteiger partial charge is 0.462 e. The molecule has 0 N–H and O–H groups in total. The van der Waals surface area contributed by atoms with Crippen LogP contribution in [0.1, 0.15) is 33.5 Å². The SMILES string of the molecule is CCOC(=O)c1ccc(Oc2nc(C)nc3sc(C)c(C)c23)cc1. The van der Waals surface area contributed by atoms with Gasteiger partial charge in [0.05, 0.1) is 17.6 Å². The minimum Gasteiger partial charge on any atom is -0.462 e. The molecular formula is C18H18N2O3S. The number of hydrogen-bond donors (Lipinski definition) is 0.